The largest absolute Gasteiger partial charge is 0.476 e. The predicted octanol–water partition coefficient (Wildman–Crippen LogP) is 1.20. The Morgan fingerprint density at radius 3 is 2.71 bits per heavy atom. The van der Waals surface area contributed by atoms with Crippen LogP contribution in [0.2, 0.25) is 0 Å². The highest BCUT2D eigenvalue weighted by atomic mass is 32.2. The normalized spacial score (nSPS) is 11.5. The van der Waals surface area contributed by atoms with Gasteiger partial charge in [0, 0.05) is 6.54 Å². The Morgan fingerprint density at radius 2 is 2.10 bits per heavy atom. The number of H-pyrrole nitrogens is 1. The van der Waals surface area contributed by atoms with E-state index in [0.717, 1.165) is 11.1 Å². The molecule has 0 atom stereocenters. The first-order chi connectivity index (χ1) is 9.81. The van der Waals surface area contributed by atoms with E-state index in [1.807, 2.05) is 25.1 Å². The third kappa shape index (κ3) is 3.29. The fraction of sp³-hybridized carbons (Fsp3) is 0.231. The van der Waals surface area contributed by atoms with E-state index in [4.69, 9.17) is 5.11 Å². The number of nitrogens with zero attached hydrogens (tertiary/aromatic N) is 1. The predicted molar refractivity (Wildman–Crippen MR) is 75.5 cm³/mol. The van der Waals surface area contributed by atoms with E-state index in [2.05, 4.69) is 14.9 Å². The number of hydrogen-bond donors (Lipinski definition) is 3. The molecule has 8 heteroatoms. The lowest BCUT2D eigenvalue weighted by atomic mass is 10.1. The first-order valence-corrected chi connectivity index (χ1v) is 7.63. The average Bonchev–Trinajstić information content (AvgIpc) is 2.80. The highest BCUT2D eigenvalue weighted by Crippen LogP contribution is 2.18. The lowest BCUT2D eigenvalue weighted by Gasteiger charge is -2.07. The Kier molecular flexibility index (Phi) is 4.10. The van der Waals surface area contributed by atoms with Crippen molar-refractivity contribution in [1.29, 1.82) is 0 Å². The molecule has 2 aromatic rings. The SMILES string of the molecule is Cc1cccc(CNS(=O)(=O)c2c(C(=O)O)n[nH]c2C)c1. The van der Waals surface area contributed by atoms with Crippen molar-refractivity contribution in [3.63, 3.8) is 0 Å². The summed E-state index contributed by atoms with van der Waals surface area (Å²) in [5, 5.41) is 14.9. The van der Waals surface area contributed by atoms with Crippen LogP contribution in [0.4, 0.5) is 0 Å². The van der Waals surface area contributed by atoms with Gasteiger partial charge in [0.2, 0.25) is 10.0 Å². The fourth-order valence-corrected chi connectivity index (χ4v) is 3.30. The van der Waals surface area contributed by atoms with Crippen molar-refractivity contribution in [2.24, 2.45) is 0 Å². The molecule has 0 radical (unpaired) electrons. The number of hydrogen-bond acceptors (Lipinski definition) is 4. The van der Waals surface area contributed by atoms with Gasteiger partial charge in [-0.25, -0.2) is 17.9 Å². The lowest BCUT2D eigenvalue weighted by molar-refractivity contribution is 0.0686. The average molecular weight is 309 g/mol. The quantitative estimate of drug-likeness (QED) is 0.768. The number of rotatable bonds is 5. The minimum absolute atomic E-state index is 0.0771. The summed E-state index contributed by atoms with van der Waals surface area (Å²) in [6, 6.07) is 7.37. The summed E-state index contributed by atoms with van der Waals surface area (Å²) in [4.78, 5) is 10.7. The maximum absolute atomic E-state index is 12.3. The second-order valence-corrected chi connectivity index (χ2v) is 6.35. The number of aromatic nitrogens is 2. The smallest absolute Gasteiger partial charge is 0.357 e. The van der Waals surface area contributed by atoms with Crippen LogP contribution in [-0.2, 0) is 16.6 Å². The van der Waals surface area contributed by atoms with Crippen molar-refractivity contribution in [3.05, 3.63) is 46.8 Å². The molecule has 112 valence electrons. The van der Waals surface area contributed by atoms with E-state index in [-0.39, 0.29) is 17.1 Å². The zero-order chi connectivity index (χ0) is 15.6. The molecule has 2 rings (SSSR count). The topological polar surface area (TPSA) is 112 Å². The van der Waals surface area contributed by atoms with E-state index in [9.17, 15) is 13.2 Å². The fourth-order valence-electron chi connectivity index (χ4n) is 1.97. The highest BCUT2D eigenvalue weighted by molar-refractivity contribution is 7.89. The van der Waals surface area contributed by atoms with Crippen molar-refractivity contribution in [3.8, 4) is 0 Å². The Balaban J connectivity index is 2.27. The molecule has 1 aromatic heterocycles. The third-order valence-corrected chi connectivity index (χ3v) is 4.47. The summed E-state index contributed by atoms with van der Waals surface area (Å²) in [6.45, 7) is 3.44. The number of aryl methyl sites for hydroxylation is 2. The van der Waals surface area contributed by atoms with Gasteiger partial charge in [-0.1, -0.05) is 29.8 Å². The van der Waals surface area contributed by atoms with Crippen molar-refractivity contribution < 1.29 is 18.3 Å². The first-order valence-electron chi connectivity index (χ1n) is 6.15. The van der Waals surface area contributed by atoms with Gasteiger partial charge >= 0.3 is 5.97 Å². The molecular formula is C13H15N3O4S. The van der Waals surface area contributed by atoms with Gasteiger partial charge in [0.05, 0.1) is 5.69 Å². The van der Waals surface area contributed by atoms with Crippen LogP contribution in [0.25, 0.3) is 0 Å². The number of sulfonamides is 1. The molecular weight excluding hydrogens is 294 g/mol. The van der Waals surface area contributed by atoms with Crippen LogP contribution in [0.3, 0.4) is 0 Å². The van der Waals surface area contributed by atoms with Crippen LogP contribution >= 0.6 is 0 Å². The Hall–Kier alpha value is -2.19. The van der Waals surface area contributed by atoms with Crippen molar-refractivity contribution >= 4 is 16.0 Å². The second kappa shape index (κ2) is 5.66. The molecule has 1 heterocycles. The molecule has 21 heavy (non-hydrogen) atoms. The van der Waals surface area contributed by atoms with Gasteiger partial charge in [-0.3, -0.25) is 5.10 Å². The minimum Gasteiger partial charge on any atom is -0.476 e. The van der Waals surface area contributed by atoms with Crippen molar-refractivity contribution in [2.45, 2.75) is 25.3 Å². The van der Waals surface area contributed by atoms with Crippen LogP contribution in [0.15, 0.2) is 29.2 Å². The summed E-state index contributed by atoms with van der Waals surface area (Å²) < 4.78 is 26.9. The number of carboxylic acids is 1. The zero-order valence-corrected chi connectivity index (χ0v) is 12.4. The van der Waals surface area contributed by atoms with Gasteiger partial charge in [0.25, 0.3) is 0 Å². The number of aromatic amines is 1. The van der Waals surface area contributed by atoms with Crippen LogP contribution in [-0.4, -0.2) is 29.7 Å². The summed E-state index contributed by atoms with van der Waals surface area (Å²) in [5.41, 5.74) is 1.47. The van der Waals surface area contributed by atoms with Crippen LogP contribution < -0.4 is 4.72 Å². The van der Waals surface area contributed by atoms with Gasteiger partial charge in [-0.05, 0) is 19.4 Å². The van der Waals surface area contributed by atoms with Crippen molar-refractivity contribution in [2.75, 3.05) is 0 Å². The molecule has 0 bridgehead atoms. The van der Waals surface area contributed by atoms with Gasteiger partial charge < -0.3 is 5.11 Å². The number of nitrogens with one attached hydrogen (secondary N) is 2. The number of benzene rings is 1. The Bertz CT molecular complexity index is 780. The lowest BCUT2D eigenvalue weighted by Crippen LogP contribution is -2.25. The zero-order valence-electron chi connectivity index (χ0n) is 11.5. The Morgan fingerprint density at radius 1 is 1.38 bits per heavy atom. The maximum atomic E-state index is 12.3. The molecule has 0 amide bonds. The van der Waals surface area contributed by atoms with Crippen molar-refractivity contribution in [1.82, 2.24) is 14.9 Å². The molecule has 0 saturated carbocycles. The number of aromatic carboxylic acids is 1. The third-order valence-electron chi connectivity index (χ3n) is 2.91. The molecule has 0 aliphatic rings. The minimum atomic E-state index is -3.96. The van der Waals surface area contributed by atoms with Crippen LogP contribution in [0.5, 0.6) is 0 Å². The maximum Gasteiger partial charge on any atom is 0.357 e. The molecule has 0 fully saturated rings. The molecule has 7 nitrogen and oxygen atoms in total. The van der Waals surface area contributed by atoms with E-state index < -0.39 is 21.7 Å². The van der Waals surface area contributed by atoms with E-state index in [1.165, 1.54) is 6.92 Å². The molecule has 0 aliphatic carbocycles. The molecule has 3 N–H and O–H groups in total. The van der Waals surface area contributed by atoms with E-state index >= 15 is 0 Å². The van der Waals surface area contributed by atoms with E-state index in [0.29, 0.717) is 0 Å². The molecule has 0 aliphatic heterocycles. The van der Waals surface area contributed by atoms with Crippen LogP contribution in [0, 0.1) is 13.8 Å². The van der Waals surface area contributed by atoms with E-state index in [1.54, 1.807) is 6.07 Å². The number of carboxylic acid groups (broad SMARTS) is 1. The van der Waals surface area contributed by atoms with Gasteiger partial charge in [-0.2, -0.15) is 5.10 Å². The van der Waals surface area contributed by atoms with Gasteiger partial charge in [0.1, 0.15) is 4.90 Å². The molecule has 1 aromatic carbocycles. The monoisotopic (exact) mass is 309 g/mol. The summed E-state index contributed by atoms with van der Waals surface area (Å²) in [6.07, 6.45) is 0. The first kappa shape index (κ1) is 15.2. The highest BCUT2D eigenvalue weighted by Gasteiger charge is 2.27. The number of carbonyl (C=O) groups is 1. The summed E-state index contributed by atoms with van der Waals surface area (Å²) in [5.74, 6) is -1.39. The van der Waals surface area contributed by atoms with Gasteiger partial charge in [-0.15, -0.1) is 0 Å². The molecule has 0 saturated heterocycles. The summed E-state index contributed by atoms with van der Waals surface area (Å²) >= 11 is 0. The van der Waals surface area contributed by atoms with Crippen LogP contribution in [0.1, 0.15) is 27.3 Å². The second-order valence-electron chi connectivity index (χ2n) is 4.65. The standard InChI is InChI=1S/C13H15N3O4S/c1-8-4-3-5-10(6-8)7-14-21(19,20)12-9(2)15-16-11(12)13(17)18/h3-6,14H,7H2,1-2H3,(H,15,16)(H,17,18). The molecule has 0 spiro atoms. The van der Waals surface area contributed by atoms with Gasteiger partial charge in [0.15, 0.2) is 5.69 Å². The Labute approximate surface area is 122 Å². The molecule has 0 unspecified atom stereocenters. The summed E-state index contributed by atoms with van der Waals surface area (Å²) in [7, 11) is -3.96.